The predicted molar refractivity (Wildman–Crippen MR) is 78.2 cm³/mol. The Morgan fingerprint density at radius 2 is 2.00 bits per heavy atom. The topological polar surface area (TPSA) is 42.0 Å². The third-order valence-corrected chi connectivity index (χ3v) is 2.99. The number of nitrogens with zero attached hydrogens (tertiary/aromatic N) is 1. The predicted octanol–water partition coefficient (Wildman–Crippen LogP) is 2.73. The van der Waals surface area contributed by atoms with Crippen molar-refractivity contribution in [3.63, 3.8) is 0 Å². The first-order valence-electron chi connectivity index (χ1n) is 6.75. The van der Waals surface area contributed by atoms with Gasteiger partial charge in [-0.2, -0.15) is 0 Å². The molecule has 0 amide bonds. The second-order valence-corrected chi connectivity index (χ2v) is 5.07. The van der Waals surface area contributed by atoms with E-state index in [0.29, 0.717) is 18.9 Å². The summed E-state index contributed by atoms with van der Waals surface area (Å²) < 4.78 is 0. The maximum absolute atomic E-state index is 11.9. The fraction of sp³-hybridized carbons (Fsp3) is 0.375. The minimum Gasteiger partial charge on any atom is -0.314 e. The van der Waals surface area contributed by atoms with Crippen molar-refractivity contribution in [2.45, 2.75) is 32.7 Å². The zero-order chi connectivity index (χ0) is 13.7. The Kier molecular flexibility index (Phi) is 4.63. The molecule has 2 aromatic rings. The Balaban J connectivity index is 1.95. The molecule has 0 fully saturated rings. The van der Waals surface area contributed by atoms with Crippen molar-refractivity contribution in [2.75, 3.05) is 6.54 Å². The number of hydrogen-bond acceptors (Lipinski definition) is 3. The normalized spacial score (nSPS) is 11.1. The second-order valence-electron chi connectivity index (χ2n) is 5.07. The largest absolute Gasteiger partial charge is 0.314 e. The Morgan fingerprint density at radius 3 is 2.79 bits per heavy atom. The van der Waals surface area contributed by atoms with Crippen LogP contribution in [-0.4, -0.2) is 23.4 Å². The van der Waals surface area contributed by atoms with Gasteiger partial charge in [0.2, 0.25) is 0 Å². The van der Waals surface area contributed by atoms with Crippen molar-refractivity contribution in [3.8, 4) is 0 Å². The van der Waals surface area contributed by atoms with E-state index in [1.54, 1.807) is 0 Å². The molecule has 0 aliphatic carbocycles. The van der Waals surface area contributed by atoms with Crippen LogP contribution in [0.5, 0.6) is 0 Å². The molecule has 19 heavy (non-hydrogen) atoms. The first-order valence-corrected chi connectivity index (χ1v) is 6.75. The van der Waals surface area contributed by atoms with Crippen LogP contribution < -0.4 is 5.32 Å². The molecule has 1 heterocycles. The number of aromatic nitrogens is 1. The van der Waals surface area contributed by atoms with Gasteiger partial charge >= 0.3 is 0 Å². The van der Waals surface area contributed by atoms with E-state index in [-0.39, 0.29) is 5.78 Å². The number of rotatable bonds is 6. The molecule has 0 saturated heterocycles. The summed E-state index contributed by atoms with van der Waals surface area (Å²) in [5, 5.41) is 4.36. The summed E-state index contributed by atoms with van der Waals surface area (Å²) >= 11 is 0. The van der Waals surface area contributed by atoms with Gasteiger partial charge in [-0.15, -0.1) is 0 Å². The summed E-state index contributed by atoms with van der Waals surface area (Å²) in [5.41, 5.74) is 1.81. The molecule has 100 valence electrons. The molecule has 2 rings (SSSR count). The number of pyridine rings is 1. The molecule has 3 nitrogen and oxygen atoms in total. The van der Waals surface area contributed by atoms with Gasteiger partial charge in [-0.05, 0) is 12.1 Å². The van der Waals surface area contributed by atoms with Gasteiger partial charge in [0.1, 0.15) is 5.78 Å². The average molecular weight is 256 g/mol. The van der Waals surface area contributed by atoms with Crippen LogP contribution in [0, 0.1) is 0 Å². The SMILES string of the molecule is CC(C)NCCC(=O)Cc1ccc2ccccc2n1. The molecule has 1 aromatic carbocycles. The minimum absolute atomic E-state index is 0.232. The van der Waals surface area contributed by atoms with Crippen LogP contribution in [0.25, 0.3) is 10.9 Å². The van der Waals surface area contributed by atoms with E-state index >= 15 is 0 Å². The monoisotopic (exact) mass is 256 g/mol. The number of nitrogens with one attached hydrogen (secondary N) is 1. The molecule has 0 aliphatic rings. The molecule has 0 unspecified atom stereocenters. The van der Waals surface area contributed by atoms with Gasteiger partial charge in [-0.1, -0.05) is 38.1 Å². The molecule has 0 aliphatic heterocycles. The highest BCUT2D eigenvalue weighted by atomic mass is 16.1. The number of para-hydroxylation sites is 1. The van der Waals surface area contributed by atoms with Gasteiger partial charge in [0, 0.05) is 36.5 Å². The Bertz CT molecular complexity index is 563. The summed E-state index contributed by atoms with van der Waals surface area (Å²) in [6.45, 7) is 4.90. The summed E-state index contributed by atoms with van der Waals surface area (Å²) in [7, 11) is 0. The van der Waals surface area contributed by atoms with Crippen molar-refractivity contribution in [1.29, 1.82) is 0 Å². The molecular weight excluding hydrogens is 236 g/mol. The summed E-state index contributed by atoms with van der Waals surface area (Å²) in [4.78, 5) is 16.4. The van der Waals surface area contributed by atoms with Gasteiger partial charge < -0.3 is 5.32 Å². The highest BCUT2D eigenvalue weighted by Gasteiger charge is 2.06. The van der Waals surface area contributed by atoms with Crippen molar-refractivity contribution in [2.24, 2.45) is 0 Å². The molecule has 0 saturated carbocycles. The van der Waals surface area contributed by atoms with E-state index in [1.807, 2.05) is 36.4 Å². The fourth-order valence-corrected chi connectivity index (χ4v) is 2.00. The highest BCUT2D eigenvalue weighted by Crippen LogP contribution is 2.12. The van der Waals surface area contributed by atoms with Crippen molar-refractivity contribution in [3.05, 3.63) is 42.1 Å². The first-order chi connectivity index (χ1) is 9.15. The van der Waals surface area contributed by atoms with E-state index in [0.717, 1.165) is 23.1 Å². The third-order valence-electron chi connectivity index (χ3n) is 2.99. The lowest BCUT2D eigenvalue weighted by Crippen LogP contribution is -2.25. The smallest absolute Gasteiger partial charge is 0.140 e. The average Bonchev–Trinajstić information content (AvgIpc) is 2.38. The summed E-state index contributed by atoms with van der Waals surface area (Å²) in [6, 6.07) is 12.4. The fourth-order valence-electron chi connectivity index (χ4n) is 2.00. The van der Waals surface area contributed by atoms with Crippen LogP contribution in [0.1, 0.15) is 26.0 Å². The van der Waals surface area contributed by atoms with Gasteiger partial charge in [0.05, 0.1) is 5.52 Å². The van der Waals surface area contributed by atoms with Crippen molar-refractivity contribution in [1.82, 2.24) is 10.3 Å². The molecule has 0 radical (unpaired) electrons. The summed E-state index contributed by atoms with van der Waals surface area (Å²) in [5.74, 6) is 0.232. The number of carbonyl (C=O) groups excluding carboxylic acids is 1. The third kappa shape index (κ3) is 4.14. The maximum Gasteiger partial charge on any atom is 0.140 e. The number of Topliss-reactive ketones (excluding diaryl/α,β-unsaturated/α-hetero) is 1. The summed E-state index contributed by atoms with van der Waals surface area (Å²) in [6.07, 6.45) is 0.983. The van der Waals surface area contributed by atoms with Gasteiger partial charge in [-0.25, -0.2) is 0 Å². The molecule has 1 N–H and O–H groups in total. The standard InChI is InChI=1S/C16H20N2O/c1-12(2)17-10-9-15(19)11-14-8-7-13-5-3-4-6-16(13)18-14/h3-8,12,17H,9-11H2,1-2H3. The highest BCUT2D eigenvalue weighted by molar-refractivity contribution is 5.82. The lowest BCUT2D eigenvalue weighted by Gasteiger charge is -2.07. The quantitative estimate of drug-likeness (QED) is 0.864. The van der Waals surface area contributed by atoms with Crippen LogP contribution in [-0.2, 0) is 11.2 Å². The minimum atomic E-state index is 0.232. The Morgan fingerprint density at radius 1 is 1.21 bits per heavy atom. The van der Waals surface area contributed by atoms with Crippen molar-refractivity contribution < 1.29 is 4.79 Å². The lowest BCUT2D eigenvalue weighted by atomic mass is 10.1. The molecule has 1 aromatic heterocycles. The van der Waals surface area contributed by atoms with E-state index in [1.165, 1.54) is 0 Å². The number of fused-ring (bicyclic) bond motifs is 1. The molecule has 0 bridgehead atoms. The zero-order valence-electron chi connectivity index (χ0n) is 11.5. The van der Waals surface area contributed by atoms with Crippen LogP contribution in [0.15, 0.2) is 36.4 Å². The molecule has 3 heteroatoms. The van der Waals surface area contributed by atoms with Gasteiger partial charge in [-0.3, -0.25) is 9.78 Å². The van der Waals surface area contributed by atoms with E-state index in [2.05, 4.69) is 24.1 Å². The Hall–Kier alpha value is -1.74. The number of hydrogen-bond donors (Lipinski definition) is 1. The maximum atomic E-state index is 11.9. The zero-order valence-corrected chi connectivity index (χ0v) is 11.5. The van der Waals surface area contributed by atoms with Crippen LogP contribution in [0.3, 0.4) is 0 Å². The van der Waals surface area contributed by atoms with Crippen LogP contribution >= 0.6 is 0 Å². The van der Waals surface area contributed by atoms with E-state index < -0.39 is 0 Å². The van der Waals surface area contributed by atoms with E-state index in [9.17, 15) is 4.79 Å². The number of ketones is 1. The van der Waals surface area contributed by atoms with Gasteiger partial charge in [0.15, 0.2) is 0 Å². The Labute approximate surface area is 114 Å². The molecule has 0 spiro atoms. The van der Waals surface area contributed by atoms with Crippen LogP contribution in [0.2, 0.25) is 0 Å². The van der Waals surface area contributed by atoms with Crippen molar-refractivity contribution >= 4 is 16.7 Å². The van der Waals surface area contributed by atoms with Crippen LogP contribution in [0.4, 0.5) is 0 Å². The van der Waals surface area contributed by atoms with E-state index in [4.69, 9.17) is 0 Å². The van der Waals surface area contributed by atoms with Gasteiger partial charge in [0.25, 0.3) is 0 Å². The lowest BCUT2D eigenvalue weighted by molar-refractivity contribution is -0.118. The molecule has 0 atom stereocenters. The number of carbonyl (C=O) groups is 1. The molecular formula is C16H20N2O. The second kappa shape index (κ2) is 6.43. The first kappa shape index (κ1) is 13.7. The number of benzene rings is 1.